The van der Waals surface area contributed by atoms with Crippen molar-refractivity contribution in [3.63, 3.8) is 0 Å². The first-order chi connectivity index (χ1) is 16.9. The summed E-state index contributed by atoms with van der Waals surface area (Å²) in [6.45, 7) is 1.11. The molecule has 35 heavy (non-hydrogen) atoms. The molecule has 0 aliphatic carbocycles. The second-order valence-corrected chi connectivity index (χ2v) is 9.54. The molecule has 1 fully saturated rings. The van der Waals surface area contributed by atoms with Crippen LogP contribution in [0.3, 0.4) is 0 Å². The Morgan fingerprint density at radius 1 is 1.09 bits per heavy atom. The highest BCUT2D eigenvalue weighted by Gasteiger charge is 2.36. The van der Waals surface area contributed by atoms with Crippen molar-refractivity contribution in [2.75, 3.05) is 30.4 Å². The molecular formula is C27H31N5O3. The van der Waals surface area contributed by atoms with Crippen LogP contribution in [0.2, 0.25) is 0 Å². The largest absolute Gasteiger partial charge is 0.388 e. The minimum absolute atomic E-state index is 0.103. The maximum absolute atomic E-state index is 13.2. The summed E-state index contributed by atoms with van der Waals surface area (Å²) in [5.74, 6) is 0.706. The molecule has 182 valence electrons. The number of benzene rings is 2. The van der Waals surface area contributed by atoms with Crippen LogP contribution in [0, 0.1) is 0 Å². The second kappa shape index (κ2) is 9.54. The maximum Gasteiger partial charge on any atom is 0.279 e. The molecule has 2 aliphatic heterocycles. The van der Waals surface area contributed by atoms with Gasteiger partial charge in [-0.05, 0) is 30.4 Å². The molecule has 1 atom stereocenters. The van der Waals surface area contributed by atoms with E-state index in [1.54, 1.807) is 0 Å². The Morgan fingerprint density at radius 2 is 1.74 bits per heavy atom. The van der Waals surface area contributed by atoms with Crippen molar-refractivity contribution in [1.82, 2.24) is 14.5 Å². The summed E-state index contributed by atoms with van der Waals surface area (Å²) in [6, 6.07) is 19.9. The van der Waals surface area contributed by atoms with Crippen LogP contribution >= 0.6 is 0 Å². The number of aromatic nitrogens is 2. The van der Waals surface area contributed by atoms with Crippen molar-refractivity contribution in [2.45, 2.75) is 44.0 Å². The van der Waals surface area contributed by atoms with E-state index in [-0.39, 0.29) is 24.2 Å². The Labute approximate surface area is 204 Å². The number of rotatable bonds is 6. The number of amides is 1. The molecule has 8 heteroatoms. The number of nitrogens with zero attached hydrogens (tertiary/aromatic N) is 4. The third-order valence-corrected chi connectivity index (χ3v) is 7.12. The fourth-order valence-electron chi connectivity index (χ4n) is 4.99. The van der Waals surface area contributed by atoms with Crippen LogP contribution in [0.5, 0.6) is 0 Å². The summed E-state index contributed by atoms with van der Waals surface area (Å²) in [6.07, 6.45) is 3.36. The van der Waals surface area contributed by atoms with Gasteiger partial charge in [0.2, 0.25) is 5.91 Å². The molecule has 0 spiro atoms. The molecule has 2 aliphatic rings. The molecule has 2 aromatic carbocycles. The lowest BCUT2D eigenvalue weighted by atomic mass is 9.91. The van der Waals surface area contributed by atoms with Gasteiger partial charge >= 0.3 is 0 Å². The molecule has 0 saturated carbocycles. The Morgan fingerprint density at radius 3 is 2.43 bits per heavy atom. The minimum Gasteiger partial charge on any atom is -0.388 e. The first-order valence-electron chi connectivity index (χ1n) is 12.1. The Balaban J connectivity index is 1.21. The van der Waals surface area contributed by atoms with E-state index >= 15 is 0 Å². The van der Waals surface area contributed by atoms with E-state index in [9.17, 15) is 14.7 Å². The standard InChI is InChI=1S/C27H31N5O3/c1-30-24(21-10-6-3-7-11-21)29-23-25(30)28-19-32(26(23)34)18-27(35)14-16-31(17-15-27)22(33)13-12-20-8-4-2-5-9-20/h2-11,19,24,29,35H,12-18H2,1H3. The van der Waals surface area contributed by atoms with Crippen LogP contribution in [0.1, 0.15) is 36.6 Å². The van der Waals surface area contributed by atoms with Gasteiger partial charge in [-0.1, -0.05) is 60.7 Å². The predicted molar refractivity (Wildman–Crippen MR) is 135 cm³/mol. The number of hydrogen-bond acceptors (Lipinski definition) is 6. The molecule has 3 aromatic rings. The van der Waals surface area contributed by atoms with Crippen LogP contribution in [0.15, 0.2) is 71.8 Å². The third kappa shape index (κ3) is 4.79. The van der Waals surface area contributed by atoms with Crippen molar-refractivity contribution >= 4 is 17.4 Å². The summed E-state index contributed by atoms with van der Waals surface area (Å²) >= 11 is 0. The normalized spacial score (nSPS) is 18.7. The molecule has 1 aromatic heterocycles. The van der Waals surface area contributed by atoms with Crippen molar-refractivity contribution in [1.29, 1.82) is 0 Å². The smallest absolute Gasteiger partial charge is 0.279 e. The third-order valence-electron chi connectivity index (χ3n) is 7.12. The van der Waals surface area contributed by atoms with Crippen LogP contribution < -0.4 is 15.8 Å². The number of carbonyl (C=O) groups excluding carboxylic acids is 1. The highest BCUT2D eigenvalue weighted by Crippen LogP contribution is 2.36. The zero-order valence-corrected chi connectivity index (χ0v) is 19.9. The van der Waals surface area contributed by atoms with E-state index in [0.29, 0.717) is 50.3 Å². The molecule has 1 saturated heterocycles. The number of nitrogens with one attached hydrogen (secondary N) is 1. The number of carbonyl (C=O) groups is 1. The van der Waals surface area contributed by atoms with Gasteiger partial charge in [-0.15, -0.1) is 0 Å². The molecule has 2 N–H and O–H groups in total. The van der Waals surface area contributed by atoms with Crippen molar-refractivity contribution in [3.05, 3.63) is 88.5 Å². The molecule has 1 unspecified atom stereocenters. The van der Waals surface area contributed by atoms with Gasteiger partial charge in [-0.2, -0.15) is 0 Å². The Kier molecular flexibility index (Phi) is 6.30. The predicted octanol–water partition coefficient (Wildman–Crippen LogP) is 2.79. The van der Waals surface area contributed by atoms with Gasteiger partial charge < -0.3 is 20.2 Å². The van der Waals surface area contributed by atoms with Gasteiger partial charge in [-0.25, -0.2) is 4.98 Å². The van der Waals surface area contributed by atoms with E-state index in [1.165, 1.54) is 10.9 Å². The molecule has 3 heterocycles. The van der Waals surface area contributed by atoms with E-state index in [0.717, 1.165) is 11.1 Å². The molecule has 8 nitrogen and oxygen atoms in total. The quantitative estimate of drug-likeness (QED) is 0.572. The highest BCUT2D eigenvalue weighted by molar-refractivity contribution is 5.76. The zero-order valence-electron chi connectivity index (χ0n) is 19.9. The van der Waals surface area contributed by atoms with Gasteiger partial charge in [0.25, 0.3) is 5.56 Å². The molecule has 5 rings (SSSR count). The topological polar surface area (TPSA) is 90.7 Å². The summed E-state index contributed by atoms with van der Waals surface area (Å²) in [4.78, 5) is 34.2. The maximum atomic E-state index is 13.2. The van der Waals surface area contributed by atoms with E-state index in [4.69, 9.17) is 0 Å². The summed E-state index contributed by atoms with van der Waals surface area (Å²) in [5.41, 5.74) is 1.38. The Hall–Kier alpha value is -3.65. The summed E-state index contributed by atoms with van der Waals surface area (Å²) in [5, 5.41) is 14.5. The zero-order chi connectivity index (χ0) is 24.4. The van der Waals surface area contributed by atoms with E-state index in [2.05, 4.69) is 10.3 Å². The fourth-order valence-corrected chi connectivity index (χ4v) is 4.99. The lowest BCUT2D eigenvalue weighted by molar-refractivity contribution is -0.135. The average molecular weight is 474 g/mol. The lowest BCUT2D eigenvalue weighted by Gasteiger charge is -2.38. The molecular weight excluding hydrogens is 442 g/mol. The number of likely N-dealkylation sites (tertiary alicyclic amines) is 1. The summed E-state index contributed by atoms with van der Waals surface area (Å²) < 4.78 is 1.49. The van der Waals surface area contributed by atoms with Crippen LogP contribution in [-0.4, -0.2) is 51.2 Å². The van der Waals surface area contributed by atoms with Crippen LogP contribution in [0.25, 0.3) is 0 Å². The van der Waals surface area contributed by atoms with Gasteiger partial charge in [-0.3, -0.25) is 14.2 Å². The van der Waals surface area contributed by atoms with E-state index in [1.807, 2.05) is 77.5 Å². The molecule has 1 amide bonds. The number of aliphatic hydroxyl groups is 1. The SMILES string of the molecule is CN1c2ncn(CC3(O)CCN(C(=O)CCc4ccccc4)CC3)c(=O)c2NC1c1ccccc1. The fraction of sp³-hybridized carbons (Fsp3) is 0.370. The number of anilines is 2. The van der Waals surface area contributed by atoms with Crippen LogP contribution in [-0.2, 0) is 17.8 Å². The Bertz CT molecular complexity index is 1240. The van der Waals surface area contributed by atoms with Gasteiger partial charge in [0, 0.05) is 26.6 Å². The number of aryl methyl sites for hydroxylation is 1. The van der Waals surface area contributed by atoms with Gasteiger partial charge in [0.1, 0.15) is 18.2 Å². The monoisotopic (exact) mass is 473 g/mol. The first kappa shape index (κ1) is 23.1. The van der Waals surface area contributed by atoms with Crippen LogP contribution in [0.4, 0.5) is 11.5 Å². The number of hydrogen-bond donors (Lipinski definition) is 2. The van der Waals surface area contributed by atoms with Crippen molar-refractivity contribution in [3.8, 4) is 0 Å². The average Bonchev–Trinajstić information content (AvgIpc) is 3.23. The van der Waals surface area contributed by atoms with Gasteiger partial charge in [0.05, 0.1) is 12.1 Å². The lowest BCUT2D eigenvalue weighted by Crippen LogP contribution is -2.49. The van der Waals surface area contributed by atoms with E-state index < -0.39 is 5.60 Å². The van der Waals surface area contributed by atoms with Crippen molar-refractivity contribution in [2.24, 2.45) is 0 Å². The van der Waals surface area contributed by atoms with Gasteiger partial charge in [0.15, 0.2) is 5.82 Å². The minimum atomic E-state index is -1.06. The highest BCUT2D eigenvalue weighted by atomic mass is 16.3. The van der Waals surface area contributed by atoms with Crippen molar-refractivity contribution < 1.29 is 9.90 Å². The molecule has 0 radical (unpaired) electrons. The second-order valence-electron chi connectivity index (χ2n) is 9.54. The number of piperidine rings is 1. The molecule has 0 bridgehead atoms. The first-order valence-corrected chi connectivity index (χ1v) is 12.1. The summed E-state index contributed by atoms with van der Waals surface area (Å²) in [7, 11) is 1.91. The number of fused-ring (bicyclic) bond motifs is 1.